The van der Waals surface area contributed by atoms with Crippen molar-refractivity contribution in [3.05, 3.63) is 65.2 Å². The number of guanidine groups is 1. The first kappa shape index (κ1) is 19.0. The molecule has 0 amide bonds. The standard InChI is InChI=1S/C21H26N4O2S/c26-28(27,25-13-1-2-14-25)16-19-5-3-17(4-6-19)15-18-7-9-20(10-8-18)24-21-22-11-12-23-21/h3-10H,1-2,11-16H2,(H2,22,23,24). The van der Waals surface area contributed by atoms with Crippen LogP contribution in [0.1, 0.15) is 29.5 Å². The average molecular weight is 399 g/mol. The Morgan fingerprint density at radius 2 is 1.54 bits per heavy atom. The van der Waals surface area contributed by atoms with Crippen molar-refractivity contribution in [2.45, 2.75) is 25.0 Å². The molecule has 2 N–H and O–H groups in total. The lowest BCUT2D eigenvalue weighted by Gasteiger charge is -2.15. The Morgan fingerprint density at radius 1 is 0.929 bits per heavy atom. The fraction of sp³-hybridized carbons (Fsp3) is 0.381. The number of hydrogen-bond acceptors (Lipinski definition) is 5. The maximum absolute atomic E-state index is 12.4. The van der Waals surface area contributed by atoms with E-state index in [2.05, 4.69) is 39.9 Å². The highest BCUT2D eigenvalue weighted by Gasteiger charge is 2.25. The van der Waals surface area contributed by atoms with E-state index in [4.69, 9.17) is 0 Å². The van der Waals surface area contributed by atoms with Crippen LogP contribution in [0.5, 0.6) is 0 Å². The zero-order valence-electron chi connectivity index (χ0n) is 15.9. The molecule has 6 nitrogen and oxygen atoms in total. The summed E-state index contributed by atoms with van der Waals surface area (Å²) in [4.78, 5) is 4.33. The summed E-state index contributed by atoms with van der Waals surface area (Å²) in [6.45, 7) is 3.02. The fourth-order valence-electron chi connectivity index (χ4n) is 3.58. The largest absolute Gasteiger partial charge is 0.354 e. The molecule has 28 heavy (non-hydrogen) atoms. The lowest BCUT2D eigenvalue weighted by atomic mass is 10.0. The van der Waals surface area contributed by atoms with Crippen LogP contribution in [-0.2, 0) is 22.2 Å². The van der Waals surface area contributed by atoms with Gasteiger partial charge in [-0.25, -0.2) is 12.7 Å². The number of hydrogen-bond donors (Lipinski definition) is 2. The first-order valence-corrected chi connectivity index (χ1v) is 11.4. The maximum atomic E-state index is 12.4. The van der Waals surface area contributed by atoms with Gasteiger partial charge in [-0.05, 0) is 48.1 Å². The summed E-state index contributed by atoms with van der Waals surface area (Å²) < 4.78 is 26.5. The van der Waals surface area contributed by atoms with Crippen molar-refractivity contribution in [1.82, 2.24) is 9.62 Å². The van der Waals surface area contributed by atoms with Crippen LogP contribution in [0, 0.1) is 0 Å². The lowest BCUT2D eigenvalue weighted by Crippen LogP contribution is -2.29. The molecule has 0 bridgehead atoms. The third-order valence-corrected chi connectivity index (χ3v) is 6.98. The summed E-state index contributed by atoms with van der Waals surface area (Å²) in [5.74, 6) is 0.915. The van der Waals surface area contributed by atoms with Gasteiger partial charge in [0, 0.05) is 25.3 Å². The molecule has 1 fully saturated rings. The SMILES string of the molecule is O=S(=O)(Cc1ccc(Cc2ccc(NC3=NCCN3)cc2)cc1)N1CCCC1. The van der Waals surface area contributed by atoms with Gasteiger partial charge in [0.15, 0.2) is 5.96 Å². The minimum absolute atomic E-state index is 0.0889. The molecule has 1 saturated heterocycles. The molecule has 0 aromatic heterocycles. The van der Waals surface area contributed by atoms with E-state index in [0.717, 1.165) is 49.6 Å². The van der Waals surface area contributed by atoms with Gasteiger partial charge in [-0.2, -0.15) is 0 Å². The molecule has 7 heteroatoms. The molecule has 0 unspecified atom stereocenters. The molecule has 2 aromatic carbocycles. The predicted octanol–water partition coefficient (Wildman–Crippen LogP) is 2.57. The topological polar surface area (TPSA) is 73.8 Å². The minimum Gasteiger partial charge on any atom is -0.354 e. The molecular formula is C21H26N4O2S. The van der Waals surface area contributed by atoms with E-state index in [9.17, 15) is 8.42 Å². The summed E-state index contributed by atoms with van der Waals surface area (Å²) >= 11 is 0. The van der Waals surface area contributed by atoms with Crippen molar-refractivity contribution in [2.24, 2.45) is 4.99 Å². The van der Waals surface area contributed by atoms with Crippen LogP contribution >= 0.6 is 0 Å². The van der Waals surface area contributed by atoms with Crippen molar-refractivity contribution in [1.29, 1.82) is 0 Å². The van der Waals surface area contributed by atoms with Crippen molar-refractivity contribution < 1.29 is 8.42 Å². The van der Waals surface area contributed by atoms with Crippen LogP contribution in [0.15, 0.2) is 53.5 Å². The quantitative estimate of drug-likeness (QED) is 0.784. The van der Waals surface area contributed by atoms with Crippen LogP contribution in [0.4, 0.5) is 5.69 Å². The van der Waals surface area contributed by atoms with Gasteiger partial charge in [0.2, 0.25) is 10.0 Å². The molecule has 0 aliphatic carbocycles. The summed E-state index contributed by atoms with van der Waals surface area (Å²) in [6, 6.07) is 16.2. The van der Waals surface area contributed by atoms with E-state index in [0.29, 0.717) is 13.1 Å². The zero-order chi connectivity index (χ0) is 19.4. The van der Waals surface area contributed by atoms with Gasteiger partial charge in [-0.1, -0.05) is 36.4 Å². The second-order valence-electron chi connectivity index (χ2n) is 7.33. The molecule has 2 heterocycles. The summed E-state index contributed by atoms with van der Waals surface area (Å²) in [5.41, 5.74) is 4.24. The summed E-state index contributed by atoms with van der Waals surface area (Å²) in [6.07, 6.45) is 2.76. The van der Waals surface area contributed by atoms with E-state index in [-0.39, 0.29) is 5.75 Å². The van der Waals surface area contributed by atoms with Crippen LogP contribution < -0.4 is 10.6 Å². The Labute approximate surface area is 166 Å². The van der Waals surface area contributed by atoms with Crippen molar-refractivity contribution in [2.75, 3.05) is 31.5 Å². The molecule has 4 rings (SSSR count). The van der Waals surface area contributed by atoms with Gasteiger partial charge >= 0.3 is 0 Å². The van der Waals surface area contributed by atoms with Crippen molar-refractivity contribution in [3.63, 3.8) is 0 Å². The zero-order valence-corrected chi connectivity index (χ0v) is 16.7. The Kier molecular flexibility index (Phi) is 5.64. The van der Waals surface area contributed by atoms with E-state index >= 15 is 0 Å². The highest BCUT2D eigenvalue weighted by molar-refractivity contribution is 7.88. The number of aliphatic imine (C=N–C) groups is 1. The van der Waals surface area contributed by atoms with Crippen LogP contribution in [0.3, 0.4) is 0 Å². The molecule has 2 aliphatic heterocycles. The number of nitrogens with one attached hydrogen (secondary N) is 2. The second kappa shape index (κ2) is 8.32. The number of benzene rings is 2. The third-order valence-electron chi connectivity index (χ3n) is 5.13. The molecule has 0 spiro atoms. The van der Waals surface area contributed by atoms with Gasteiger partial charge in [0.1, 0.15) is 0 Å². The maximum Gasteiger partial charge on any atom is 0.218 e. The number of rotatable bonds is 6. The molecule has 148 valence electrons. The molecule has 0 saturated carbocycles. The summed E-state index contributed by atoms with van der Waals surface area (Å²) in [5, 5.41) is 6.45. The van der Waals surface area contributed by atoms with Crippen LogP contribution in [0.2, 0.25) is 0 Å². The van der Waals surface area contributed by atoms with E-state index in [1.54, 1.807) is 4.31 Å². The first-order valence-electron chi connectivity index (χ1n) is 9.78. The highest BCUT2D eigenvalue weighted by Crippen LogP contribution is 2.19. The third kappa shape index (κ3) is 4.72. The van der Waals surface area contributed by atoms with Gasteiger partial charge in [0.05, 0.1) is 12.3 Å². The average Bonchev–Trinajstić information content (AvgIpc) is 3.39. The minimum atomic E-state index is -3.19. The Balaban J connectivity index is 1.35. The molecule has 0 atom stereocenters. The predicted molar refractivity (Wildman–Crippen MR) is 113 cm³/mol. The smallest absolute Gasteiger partial charge is 0.218 e. The number of sulfonamides is 1. The lowest BCUT2D eigenvalue weighted by molar-refractivity contribution is 0.476. The monoisotopic (exact) mass is 398 g/mol. The first-order chi connectivity index (χ1) is 13.6. The molecule has 0 radical (unpaired) electrons. The molecular weight excluding hydrogens is 372 g/mol. The van der Waals surface area contributed by atoms with Crippen LogP contribution in [-0.4, -0.2) is 44.9 Å². The highest BCUT2D eigenvalue weighted by atomic mass is 32.2. The van der Waals surface area contributed by atoms with Crippen molar-refractivity contribution in [3.8, 4) is 0 Å². The van der Waals surface area contributed by atoms with Gasteiger partial charge in [0.25, 0.3) is 0 Å². The van der Waals surface area contributed by atoms with E-state index in [1.807, 2.05) is 24.3 Å². The van der Waals surface area contributed by atoms with Gasteiger partial charge in [-0.15, -0.1) is 0 Å². The fourth-order valence-corrected chi connectivity index (χ4v) is 5.19. The van der Waals surface area contributed by atoms with Crippen molar-refractivity contribution >= 4 is 21.7 Å². The normalized spacial score (nSPS) is 17.4. The Morgan fingerprint density at radius 3 is 2.14 bits per heavy atom. The molecule has 2 aliphatic rings. The van der Waals surface area contributed by atoms with E-state index in [1.165, 1.54) is 11.1 Å². The molecule has 2 aromatic rings. The Hall–Kier alpha value is -2.38. The van der Waals surface area contributed by atoms with Gasteiger partial charge in [-0.3, -0.25) is 4.99 Å². The van der Waals surface area contributed by atoms with Crippen LogP contribution in [0.25, 0.3) is 0 Å². The second-order valence-corrected chi connectivity index (χ2v) is 9.30. The van der Waals surface area contributed by atoms with E-state index < -0.39 is 10.0 Å². The number of anilines is 1. The summed E-state index contributed by atoms with van der Waals surface area (Å²) in [7, 11) is -3.19. The van der Waals surface area contributed by atoms with Gasteiger partial charge < -0.3 is 10.6 Å². The number of nitrogens with zero attached hydrogens (tertiary/aromatic N) is 2. The Bertz CT molecular complexity index is 931.